The van der Waals surface area contributed by atoms with Crippen molar-refractivity contribution in [3.05, 3.63) is 34.9 Å². The molecule has 0 radical (unpaired) electrons. The van der Waals surface area contributed by atoms with E-state index in [1.807, 2.05) is 40.6 Å². The van der Waals surface area contributed by atoms with E-state index >= 15 is 0 Å². The van der Waals surface area contributed by atoms with Crippen LogP contribution in [0.5, 0.6) is 0 Å². The van der Waals surface area contributed by atoms with Crippen molar-refractivity contribution < 1.29 is 9.63 Å². The Morgan fingerprint density at radius 1 is 1.47 bits per heavy atom. The van der Waals surface area contributed by atoms with Crippen molar-refractivity contribution in [3.8, 4) is 0 Å². The second-order valence-corrected chi connectivity index (χ2v) is 4.38. The average Bonchev–Trinajstić information content (AvgIpc) is 2.65. The Hall–Kier alpha value is -1.37. The number of nitrogens with one attached hydrogen (secondary N) is 1. The third-order valence-corrected chi connectivity index (χ3v) is 3.10. The van der Waals surface area contributed by atoms with E-state index in [9.17, 15) is 4.79 Å². The van der Waals surface area contributed by atoms with Crippen LogP contribution in [0.1, 0.15) is 6.42 Å². The summed E-state index contributed by atoms with van der Waals surface area (Å²) in [5.41, 5.74) is 2.95. The van der Waals surface area contributed by atoms with E-state index in [1.54, 1.807) is 0 Å². The molecule has 0 spiro atoms. The molecule has 3 N–H and O–H groups in total. The van der Waals surface area contributed by atoms with Gasteiger partial charge in [-0.2, -0.15) is 0 Å². The number of rotatable bonds is 4. The maximum absolute atomic E-state index is 11.2. The topological polar surface area (TPSA) is 69.3 Å². The summed E-state index contributed by atoms with van der Waals surface area (Å²) in [6.45, 7) is 0.548. The first kappa shape index (κ1) is 12.1. The Morgan fingerprint density at radius 2 is 2.24 bits per heavy atom. The molecule has 2 rings (SSSR count). The van der Waals surface area contributed by atoms with Crippen LogP contribution in [0.4, 0.5) is 0 Å². The molecule has 0 atom stereocenters. The molecular formula is C11H12BrN3O2. The standard InChI is InChI=1S/C11H12BrN3O2/c12-9-7-15(6-5-11(16)17-14-13)10-4-2-1-3-8(9)10/h1-4,7,14H,5-6,13H2. The van der Waals surface area contributed by atoms with Gasteiger partial charge in [-0.25, -0.2) is 5.84 Å². The highest BCUT2D eigenvalue weighted by atomic mass is 79.9. The van der Waals surface area contributed by atoms with E-state index in [0.717, 1.165) is 15.4 Å². The Morgan fingerprint density at radius 3 is 3.00 bits per heavy atom. The molecule has 1 aromatic heterocycles. The molecule has 17 heavy (non-hydrogen) atoms. The third kappa shape index (κ3) is 2.66. The van der Waals surface area contributed by atoms with Gasteiger partial charge in [0.2, 0.25) is 0 Å². The van der Waals surface area contributed by atoms with Crippen LogP contribution in [0, 0.1) is 0 Å². The largest absolute Gasteiger partial charge is 0.356 e. The average molecular weight is 298 g/mol. The number of nitrogens with zero attached hydrogens (tertiary/aromatic N) is 1. The van der Waals surface area contributed by atoms with Gasteiger partial charge in [-0.1, -0.05) is 23.8 Å². The molecule has 0 bridgehead atoms. The zero-order valence-electron chi connectivity index (χ0n) is 9.02. The van der Waals surface area contributed by atoms with Crippen molar-refractivity contribution in [1.82, 2.24) is 10.2 Å². The van der Waals surface area contributed by atoms with Crippen molar-refractivity contribution in [2.24, 2.45) is 5.84 Å². The van der Waals surface area contributed by atoms with E-state index in [4.69, 9.17) is 5.84 Å². The summed E-state index contributed by atoms with van der Waals surface area (Å²) in [5, 5.41) is 1.12. The van der Waals surface area contributed by atoms with Gasteiger partial charge in [-0.05, 0) is 22.0 Å². The number of fused-ring (bicyclic) bond motifs is 1. The normalized spacial score (nSPS) is 10.7. The van der Waals surface area contributed by atoms with Crippen molar-refractivity contribution in [3.63, 3.8) is 0 Å². The molecule has 0 aliphatic heterocycles. The van der Waals surface area contributed by atoms with Crippen molar-refractivity contribution in [1.29, 1.82) is 0 Å². The molecular weight excluding hydrogens is 286 g/mol. The first-order chi connectivity index (χ1) is 8.22. The monoisotopic (exact) mass is 297 g/mol. The van der Waals surface area contributed by atoms with Crippen LogP contribution in [0.3, 0.4) is 0 Å². The minimum Gasteiger partial charge on any atom is -0.356 e. The minimum atomic E-state index is -0.388. The predicted molar refractivity (Wildman–Crippen MR) is 67.7 cm³/mol. The Kier molecular flexibility index (Phi) is 3.78. The number of hydrogen-bond acceptors (Lipinski definition) is 4. The molecule has 0 aliphatic carbocycles. The second-order valence-electron chi connectivity index (χ2n) is 3.53. The highest BCUT2D eigenvalue weighted by Gasteiger charge is 2.08. The van der Waals surface area contributed by atoms with Gasteiger partial charge in [0, 0.05) is 28.1 Å². The smallest absolute Gasteiger partial charge is 0.328 e. The van der Waals surface area contributed by atoms with E-state index in [1.165, 1.54) is 0 Å². The molecule has 5 nitrogen and oxygen atoms in total. The molecule has 6 heteroatoms. The number of aromatic nitrogens is 1. The van der Waals surface area contributed by atoms with E-state index in [0.29, 0.717) is 6.54 Å². The lowest BCUT2D eigenvalue weighted by Crippen LogP contribution is -2.26. The van der Waals surface area contributed by atoms with Gasteiger partial charge in [-0.3, -0.25) is 4.79 Å². The van der Waals surface area contributed by atoms with Gasteiger partial charge in [-0.15, -0.1) is 0 Å². The fourth-order valence-electron chi connectivity index (χ4n) is 1.72. The van der Waals surface area contributed by atoms with E-state index in [2.05, 4.69) is 20.8 Å². The van der Waals surface area contributed by atoms with Crippen molar-refractivity contribution in [2.45, 2.75) is 13.0 Å². The lowest BCUT2D eigenvalue weighted by atomic mass is 10.2. The molecule has 0 saturated carbocycles. The molecule has 0 saturated heterocycles. The van der Waals surface area contributed by atoms with E-state index < -0.39 is 0 Å². The fraction of sp³-hybridized carbons (Fsp3) is 0.182. The van der Waals surface area contributed by atoms with Crippen LogP contribution in [0.25, 0.3) is 10.9 Å². The summed E-state index contributed by atoms with van der Waals surface area (Å²) in [7, 11) is 0. The second kappa shape index (κ2) is 5.31. The number of para-hydroxylation sites is 1. The summed E-state index contributed by atoms with van der Waals surface area (Å²) >= 11 is 3.49. The highest BCUT2D eigenvalue weighted by Crippen LogP contribution is 2.25. The number of carbonyl (C=O) groups excluding carboxylic acids is 1. The van der Waals surface area contributed by atoms with Crippen LogP contribution in [0.2, 0.25) is 0 Å². The number of halogens is 1. The molecule has 90 valence electrons. The maximum Gasteiger partial charge on any atom is 0.328 e. The maximum atomic E-state index is 11.2. The molecule has 1 heterocycles. The molecule has 1 aromatic carbocycles. The summed E-state index contributed by atoms with van der Waals surface area (Å²) in [4.78, 5) is 15.6. The molecule has 2 aromatic rings. The van der Waals surface area contributed by atoms with Gasteiger partial charge < -0.3 is 9.40 Å². The van der Waals surface area contributed by atoms with Crippen molar-refractivity contribution >= 4 is 32.8 Å². The fourth-order valence-corrected chi connectivity index (χ4v) is 2.30. The van der Waals surface area contributed by atoms with Gasteiger partial charge >= 0.3 is 5.97 Å². The number of carbonyl (C=O) groups is 1. The Labute approximate surface area is 107 Å². The molecule has 0 amide bonds. The van der Waals surface area contributed by atoms with Gasteiger partial charge in [0.05, 0.1) is 6.42 Å². The first-order valence-electron chi connectivity index (χ1n) is 5.11. The quantitative estimate of drug-likeness (QED) is 0.666. The molecule has 0 aliphatic rings. The lowest BCUT2D eigenvalue weighted by molar-refractivity contribution is -0.151. The Bertz CT molecular complexity index is 538. The number of aryl methyl sites for hydroxylation is 1. The van der Waals surface area contributed by atoms with Crippen LogP contribution in [0.15, 0.2) is 34.9 Å². The summed E-state index contributed by atoms with van der Waals surface area (Å²) in [6, 6.07) is 7.97. The Balaban J connectivity index is 2.16. The molecule has 0 fully saturated rings. The van der Waals surface area contributed by atoms with Crippen LogP contribution < -0.4 is 11.4 Å². The number of nitrogens with two attached hydrogens (primary N) is 1. The van der Waals surface area contributed by atoms with Crippen LogP contribution in [-0.4, -0.2) is 10.5 Å². The van der Waals surface area contributed by atoms with Crippen molar-refractivity contribution in [2.75, 3.05) is 0 Å². The summed E-state index contributed by atoms with van der Waals surface area (Å²) < 4.78 is 3.01. The SMILES string of the molecule is NNOC(=O)CCn1cc(Br)c2ccccc21. The highest BCUT2D eigenvalue weighted by molar-refractivity contribution is 9.10. The zero-order chi connectivity index (χ0) is 12.3. The van der Waals surface area contributed by atoms with Crippen LogP contribution in [-0.2, 0) is 16.2 Å². The van der Waals surface area contributed by atoms with E-state index in [-0.39, 0.29) is 12.4 Å². The van der Waals surface area contributed by atoms with Gasteiger partial charge in [0.15, 0.2) is 0 Å². The predicted octanol–water partition coefficient (Wildman–Crippen LogP) is 1.72. The summed E-state index contributed by atoms with van der Waals surface area (Å²) in [5.74, 6) is 4.50. The molecule has 0 unspecified atom stereocenters. The lowest BCUT2D eigenvalue weighted by Gasteiger charge is -2.04. The number of hydrazine groups is 1. The number of benzene rings is 1. The third-order valence-electron chi connectivity index (χ3n) is 2.47. The minimum absolute atomic E-state index is 0.259. The van der Waals surface area contributed by atoms with Crippen LogP contribution >= 0.6 is 15.9 Å². The first-order valence-corrected chi connectivity index (χ1v) is 5.90. The van der Waals surface area contributed by atoms with Gasteiger partial charge in [0.1, 0.15) is 0 Å². The van der Waals surface area contributed by atoms with Gasteiger partial charge in [0.25, 0.3) is 0 Å². The zero-order valence-corrected chi connectivity index (χ0v) is 10.6. The number of hydrogen-bond donors (Lipinski definition) is 2. The summed E-state index contributed by atoms with van der Waals surface area (Å²) in [6.07, 6.45) is 2.21.